The molecule has 0 aromatic heterocycles. The van der Waals surface area contributed by atoms with Crippen molar-refractivity contribution in [1.29, 1.82) is 0 Å². The molecular weight excluding hydrogens is 178 g/mol. The molecule has 72 valence electrons. The first-order valence-electron chi connectivity index (χ1n) is 4.72. The SMILES string of the molecule is CCO[SiH2]c1cccc(CCN)c1. The van der Waals surface area contributed by atoms with Crippen LogP contribution in [0.25, 0.3) is 0 Å². The van der Waals surface area contributed by atoms with Crippen LogP contribution in [0.1, 0.15) is 12.5 Å². The molecule has 0 spiro atoms. The van der Waals surface area contributed by atoms with Crippen molar-refractivity contribution in [2.24, 2.45) is 5.73 Å². The Morgan fingerprint density at radius 3 is 3.00 bits per heavy atom. The number of hydrogen-bond donors (Lipinski definition) is 1. The van der Waals surface area contributed by atoms with Gasteiger partial charge in [0.05, 0.1) is 0 Å². The van der Waals surface area contributed by atoms with E-state index < -0.39 is 9.76 Å². The van der Waals surface area contributed by atoms with Gasteiger partial charge in [0.25, 0.3) is 0 Å². The molecular formula is C10H17NOSi. The lowest BCUT2D eigenvalue weighted by Gasteiger charge is -2.03. The first-order valence-corrected chi connectivity index (χ1v) is 6.01. The first-order chi connectivity index (χ1) is 6.36. The lowest BCUT2D eigenvalue weighted by molar-refractivity contribution is 0.367. The van der Waals surface area contributed by atoms with Gasteiger partial charge < -0.3 is 10.2 Å². The molecule has 0 atom stereocenters. The summed E-state index contributed by atoms with van der Waals surface area (Å²) >= 11 is 0. The molecule has 3 heteroatoms. The maximum atomic E-state index is 5.49. The van der Waals surface area contributed by atoms with Gasteiger partial charge in [-0.3, -0.25) is 0 Å². The molecule has 0 aliphatic rings. The molecule has 13 heavy (non-hydrogen) atoms. The van der Waals surface area contributed by atoms with Crippen LogP contribution in [0.5, 0.6) is 0 Å². The van der Waals surface area contributed by atoms with Crippen LogP contribution in [0.15, 0.2) is 24.3 Å². The molecule has 2 nitrogen and oxygen atoms in total. The van der Waals surface area contributed by atoms with Crippen LogP contribution in [0.4, 0.5) is 0 Å². The third-order valence-electron chi connectivity index (χ3n) is 1.90. The summed E-state index contributed by atoms with van der Waals surface area (Å²) in [5.41, 5.74) is 6.82. The fourth-order valence-corrected chi connectivity index (χ4v) is 2.28. The summed E-state index contributed by atoms with van der Waals surface area (Å²) in [6.45, 7) is 3.59. The average Bonchev–Trinajstić information content (AvgIpc) is 2.16. The minimum absolute atomic E-state index is 0.491. The predicted molar refractivity (Wildman–Crippen MR) is 59.0 cm³/mol. The van der Waals surface area contributed by atoms with Crippen LogP contribution < -0.4 is 10.9 Å². The van der Waals surface area contributed by atoms with E-state index >= 15 is 0 Å². The minimum Gasteiger partial charge on any atom is -0.419 e. The molecule has 0 saturated heterocycles. The highest BCUT2D eigenvalue weighted by Crippen LogP contribution is 1.96. The summed E-state index contributed by atoms with van der Waals surface area (Å²) in [7, 11) is -0.491. The maximum absolute atomic E-state index is 5.49. The van der Waals surface area contributed by atoms with Gasteiger partial charge in [-0.05, 0) is 30.6 Å². The third-order valence-corrected chi connectivity index (χ3v) is 3.28. The molecule has 0 unspecified atom stereocenters. The maximum Gasteiger partial charge on any atom is 0.192 e. The van der Waals surface area contributed by atoms with Gasteiger partial charge in [-0.25, -0.2) is 0 Å². The zero-order valence-corrected chi connectivity index (χ0v) is 9.54. The van der Waals surface area contributed by atoms with Crippen molar-refractivity contribution in [3.05, 3.63) is 29.8 Å². The zero-order chi connectivity index (χ0) is 9.52. The van der Waals surface area contributed by atoms with E-state index in [2.05, 4.69) is 24.3 Å². The van der Waals surface area contributed by atoms with Gasteiger partial charge in [0.15, 0.2) is 9.76 Å². The van der Waals surface area contributed by atoms with Gasteiger partial charge in [0.2, 0.25) is 0 Å². The highest BCUT2D eigenvalue weighted by molar-refractivity contribution is 6.46. The summed E-state index contributed by atoms with van der Waals surface area (Å²) in [4.78, 5) is 0. The molecule has 2 N–H and O–H groups in total. The van der Waals surface area contributed by atoms with Crippen molar-refractivity contribution >= 4 is 14.9 Å². The second kappa shape index (κ2) is 5.91. The summed E-state index contributed by atoms with van der Waals surface area (Å²) in [5, 5.41) is 1.37. The molecule has 0 heterocycles. The van der Waals surface area contributed by atoms with E-state index in [1.807, 2.05) is 6.92 Å². The van der Waals surface area contributed by atoms with Crippen LogP contribution >= 0.6 is 0 Å². The third kappa shape index (κ3) is 3.72. The summed E-state index contributed by atoms with van der Waals surface area (Å²) in [6, 6.07) is 8.57. The van der Waals surface area contributed by atoms with E-state index in [9.17, 15) is 0 Å². The Balaban J connectivity index is 2.56. The van der Waals surface area contributed by atoms with Crippen molar-refractivity contribution in [2.45, 2.75) is 13.3 Å². The zero-order valence-electron chi connectivity index (χ0n) is 8.12. The lowest BCUT2D eigenvalue weighted by atomic mass is 10.2. The molecule has 1 aromatic rings. The quantitative estimate of drug-likeness (QED) is 0.668. The first kappa shape index (κ1) is 10.4. The van der Waals surface area contributed by atoms with Crippen LogP contribution in [-0.2, 0) is 10.8 Å². The Bertz CT molecular complexity index is 252. The molecule has 0 radical (unpaired) electrons. The summed E-state index contributed by atoms with van der Waals surface area (Å²) in [6.07, 6.45) is 0.967. The van der Waals surface area contributed by atoms with Gasteiger partial charge >= 0.3 is 0 Å². The van der Waals surface area contributed by atoms with Gasteiger partial charge in [0.1, 0.15) is 0 Å². The van der Waals surface area contributed by atoms with E-state index in [1.165, 1.54) is 10.8 Å². The van der Waals surface area contributed by atoms with Crippen LogP contribution in [-0.4, -0.2) is 22.9 Å². The fraction of sp³-hybridized carbons (Fsp3) is 0.400. The molecule has 0 aliphatic heterocycles. The average molecular weight is 195 g/mol. The normalized spacial score (nSPS) is 11.2. The molecule has 0 amide bonds. The van der Waals surface area contributed by atoms with Crippen LogP contribution in [0, 0.1) is 0 Å². The molecule has 0 saturated carbocycles. The molecule has 1 rings (SSSR count). The van der Waals surface area contributed by atoms with Crippen molar-refractivity contribution in [3.8, 4) is 0 Å². The highest BCUT2D eigenvalue weighted by atomic mass is 28.2. The molecule has 0 aliphatic carbocycles. The Kier molecular flexibility index (Phi) is 4.75. The summed E-state index contributed by atoms with van der Waals surface area (Å²) < 4.78 is 5.46. The second-order valence-corrected chi connectivity index (χ2v) is 4.51. The van der Waals surface area contributed by atoms with Crippen molar-refractivity contribution in [2.75, 3.05) is 13.2 Å². The largest absolute Gasteiger partial charge is 0.419 e. The number of benzene rings is 1. The molecule has 0 bridgehead atoms. The second-order valence-electron chi connectivity index (χ2n) is 3.00. The lowest BCUT2D eigenvalue weighted by Crippen LogP contribution is -2.18. The topological polar surface area (TPSA) is 35.2 Å². The number of hydrogen-bond acceptors (Lipinski definition) is 2. The van der Waals surface area contributed by atoms with Gasteiger partial charge in [-0.15, -0.1) is 0 Å². The Hall–Kier alpha value is -0.643. The minimum atomic E-state index is -0.491. The standard InChI is InChI=1S/C10H17NOSi/c1-2-12-13-10-5-3-4-9(8-10)6-7-11/h3-5,8H,2,6-7,11,13H2,1H3. The van der Waals surface area contributed by atoms with E-state index in [0.29, 0.717) is 0 Å². The monoisotopic (exact) mass is 195 g/mol. The van der Waals surface area contributed by atoms with Crippen molar-refractivity contribution in [3.63, 3.8) is 0 Å². The van der Waals surface area contributed by atoms with Crippen LogP contribution in [0.2, 0.25) is 0 Å². The number of nitrogens with two attached hydrogens (primary N) is 1. The van der Waals surface area contributed by atoms with Gasteiger partial charge in [-0.1, -0.05) is 24.3 Å². The van der Waals surface area contributed by atoms with Crippen molar-refractivity contribution < 1.29 is 4.43 Å². The molecule has 1 aromatic carbocycles. The Labute approximate surface area is 82.0 Å². The van der Waals surface area contributed by atoms with Gasteiger partial charge in [-0.2, -0.15) is 0 Å². The van der Waals surface area contributed by atoms with Crippen LogP contribution in [0.3, 0.4) is 0 Å². The Morgan fingerprint density at radius 2 is 2.31 bits per heavy atom. The fourth-order valence-electron chi connectivity index (χ4n) is 1.26. The van der Waals surface area contributed by atoms with E-state index in [0.717, 1.165) is 19.6 Å². The summed E-state index contributed by atoms with van der Waals surface area (Å²) in [5.74, 6) is 0. The van der Waals surface area contributed by atoms with E-state index in [4.69, 9.17) is 10.2 Å². The molecule has 0 fully saturated rings. The van der Waals surface area contributed by atoms with E-state index in [-0.39, 0.29) is 0 Å². The van der Waals surface area contributed by atoms with Gasteiger partial charge in [0, 0.05) is 6.61 Å². The Morgan fingerprint density at radius 1 is 1.46 bits per heavy atom. The predicted octanol–water partition coefficient (Wildman–Crippen LogP) is -0.0666. The number of rotatable bonds is 5. The smallest absolute Gasteiger partial charge is 0.192 e. The van der Waals surface area contributed by atoms with Crippen molar-refractivity contribution in [1.82, 2.24) is 0 Å². The highest BCUT2D eigenvalue weighted by Gasteiger charge is 1.95. The van der Waals surface area contributed by atoms with E-state index in [1.54, 1.807) is 0 Å².